The van der Waals surface area contributed by atoms with E-state index in [-0.39, 0.29) is 11.3 Å². The number of amides is 2. The first-order valence-electron chi connectivity index (χ1n) is 7.31. The molecule has 0 aliphatic carbocycles. The minimum atomic E-state index is -0.895. The van der Waals surface area contributed by atoms with Crippen molar-refractivity contribution in [2.24, 2.45) is 5.73 Å². The third-order valence-corrected chi connectivity index (χ3v) is 3.12. The number of carbonyl (C=O) groups excluding carboxylic acids is 2. The van der Waals surface area contributed by atoms with Gasteiger partial charge in [0.15, 0.2) is 0 Å². The van der Waals surface area contributed by atoms with Gasteiger partial charge in [-0.3, -0.25) is 9.59 Å². The minimum Gasteiger partial charge on any atom is -0.494 e. The first-order valence-corrected chi connectivity index (χ1v) is 7.31. The highest BCUT2D eigenvalue weighted by atomic mass is 19.1. The average molecular weight is 328 g/mol. The van der Waals surface area contributed by atoms with Gasteiger partial charge in [-0.1, -0.05) is 12.1 Å². The van der Waals surface area contributed by atoms with Crippen LogP contribution in [0.2, 0.25) is 0 Å². The standard InChI is InChI=1S/C18H17FN2O3/c1-2-24-14-7-3-12(4-8-14)5-10-17(22)21-13-6-9-16(19)15(11-13)18(20)23/h3-11H,2H2,1H3,(H2,20,23)(H,21,22)/b10-5+. The second kappa shape index (κ2) is 7.92. The number of hydrogen-bond donors (Lipinski definition) is 2. The molecule has 0 spiro atoms. The Morgan fingerprint density at radius 3 is 2.54 bits per heavy atom. The Morgan fingerprint density at radius 2 is 1.92 bits per heavy atom. The van der Waals surface area contributed by atoms with E-state index in [1.165, 1.54) is 18.2 Å². The largest absolute Gasteiger partial charge is 0.494 e. The second-order valence-corrected chi connectivity index (χ2v) is 4.88. The SMILES string of the molecule is CCOc1ccc(/C=C/C(=O)Nc2ccc(F)c(C(N)=O)c2)cc1. The number of anilines is 1. The van der Waals surface area contributed by atoms with E-state index in [1.54, 1.807) is 18.2 Å². The summed E-state index contributed by atoms with van der Waals surface area (Å²) in [5.74, 6) is -1.28. The molecule has 2 amide bonds. The fourth-order valence-corrected chi connectivity index (χ4v) is 1.99. The maximum absolute atomic E-state index is 13.4. The molecular weight excluding hydrogens is 311 g/mol. The summed E-state index contributed by atoms with van der Waals surface area (Å²) in [6, 6.07) is 10.9. The Balaban J connectivity index is 2.02. The third kappa shape index (κ3) is 4.67. The molecule has 2 aromatic rings. The molecule has 0 radical (unpaired) electrons. The molecule has 124 valence electrons. The van der Waals surface area contributed by atoms with Gasteiger partial charge in [0, 0.05) is 11.8 Å². The molecule has 5 nitrogen and oxygen atoms in total. The summed E-state index contributed by atoms with van der Waals surface area (Å²) in [6.45, 7) is 2.49. The molecule has 0 aliphatic rings. The van der Waals surface area contributed by atoms with Crippen LogP contribution in [0.3, 0.4) is 0 Å². The lowest BCUT2D eigenvalue weighted by Crippen LogP contribution is -2.14. The predicted octanol–water partition coefficient (Wildman–Crippen LogP) is 2.98. The summed E-state index contributed by atoms with van der Waals surface area (Å²) in [4.78, 5) is 23.0. The van der Waals surface area contributed by atoms with E-state index < -0.39 is 17.6 Å². The van der Waals surface area contributed by atoms with Crippen LogP contribution in [0.25, 0.3) is 6.08 Å². The summed E-state index contributed by atoms with van der Waals surface area (Å²) in [7, 11) is 0. The Morgan fingerprint density at radius 1 is 1.21 bits per heavy atom. The van der Waals surface area contributed by atoms with Gasteiger partial charge in [0.1, 0.15) is 11.6 Å². The molecule has 0 atom stereocenters. The smallest absolute Gasteiger partial charge is 0.251 e. The molecule has 0 fully saturated rings. The summed E-state index contributed by atoms with van der Waals surface area (Å²) in [5.41, 5.74) is 5.90. The molecule has 0 saturated heterocycles. The van der Waals surface area contributed by atoms with Gasteiger partial charge in [-0.05, 0) is 48.9 Å². The molecule has 0 saturated carbocycles. The highest BCUT2D eigenvalue weighted by Gasteiger charge is 2.09. The minimum absolute atomic E-state index is 0.275. The van der Waals surface area contributed by atoms with Crippen LogP contribution >= 0.6 is 0 Å². The van der Waals surface area contributed by atoms with Crippen molar-refractivity contribution in [3.8, 4) is 5.75 Å². The maximum atomic E-state index is 13.4. The van der Waals surface area contributed by atoms with Crippen molar-refractivity contribution in [3.63, 3.8) is 0 Å². The summed E-state index contributed by atoms with van der Waals surface area (Å²) in [6.07, 6.45) is 2.96. The molecule has 3 N–H and O–H groups in total. The second-order valence-electron chi connectivity index (χ2n) is 4.88. The predicted molar refractivity (Wildman–Crippen MR) is 90.2 cm³/mol. The quantitative estimate of drug-likeness (QED) is 0.800. The first-order chi connectivity index (χ1) is 11.5. The lowest BCUT2D eigenvalue weighted by atomic mass is 10.1. The number of nitrogens with two attached hydrogens (primary N) is 1. The van der Waals surface area contributed by atoms with Gasteiger partial charge < -0.3 is 15.8 Å². The molecule has 2 rings (SSSR count). The highest BCUT2D eigenvalue weighted by Crippen LogP contribution is 2.15. The number of benzene rings is 2. The van der Waals surface area contributed by atoms with Crippen LogP contribution in [0.15, 0.2) is 48.5 Å². The lowest BCUT2D eigenvalue weighted by Gasteiger charge is -2.05. The van der Waals surface area contributed by atoms with E-state index in [4.69, 9.17) is 10.5 Å². The summed E-state index contributed by atoms with van der Waals surface area (Å²) in [5, 5.41) is 2.54. The third-order valence-electron chi connectivity index (χ3n) is 3.12. The highest BCUT2D eigenvalue weighted by molar-refractivity contribution is 6.03. The number of hydrogen-bond acceptors (Lipinski definition) is 3. The van der Waals surface area contributed by atoms with Crippen LogP contribution in [0, 0.1) is 5.82 Å². The molecule has 0 unspecified atom stereocenters. The van der Waals surface area contributed by atoms with Crippen molar-refractivity contribution in [1.29, 1.82) is 0 Å². The van der Waals surface area contributed by atoms with Crippen molar-refractivity contribution in [1.82, 2.24) is 0 Å². The van der Waals surface area contributed by atoms with Crippen LogP contribution in [0.4, 0.5) is 10.1 Å². The molecule has 0 bridgehead atoms. The van der Waals surface area contributed by atoms with Gasteiger partial charge in [-0.25, -0.2) is 4.39 Å². The monoisotopic (exact) mass is 328 g/mol. The van der Waals surface area contributed by atoms with Crippen molar-refractivity contribution in [2.45, 2.75) is 6.92 Å². The number of ether oxygens (including phenoxy) is 1. The Bertz CT molecular complexity index is 770. The number of halogens is 1. The number of carbonyl (C=O) groups is 2. The van der Waals surface area contributed by atoms with Crippen molar-refractivity contribution < 1.29 is 18.7 Å². The molecule has 0 aromatic heterocycles. The van der Waals surface area contributed by atoms with E-state index in [9.17, 15) is 14.0 Å². The molecule has 0 heterocycles. The van der Waals surface area contributed by atoms with Gasteiger partial charge in [-0.2, -0.15) is 0 Å². The number of primary amides is 1. The average Bonchev–Trinajstić information content (AvgIpc) is 2.56. The fourth-order valence-electron chi connectivity index (χ4n) is 1.99. The molecule has 6 heteroatoms. The zero-order valence-electron chi connectivity index (χ0n) is 13.1. The molecule has 24 heavy (non-hydrogen) atoms. The van der Waals surface area contributed by atoms with Crippen molar-refractivity contribution >= 4 is 23.6 Å². The normalized spacial score (nSPS) is 10.6. The van der Waals surface area contributed by atoms with Gasteiger partial charge in [0.05, 0.1) is 12.2 Å². The first kappa shape index (κ1) is 17.2. The van der Waals surface area contributed by atoms with Crippen LogP contribution in [-0.4, -0.2) is 18.4 Å². The summed E-state index contributed by atoms with van der Waals surface area (Å²) < 4.78 is 18.7. The van der Waals surface area contributed by atoms with E-state index in [0.29, 0.717) is 6.61 Å². The molecule has 2 aromatic carbocycles. The Kier molecular flexibility index (Phi) is 5.68. The van der Waals surface area contributed by atoms with Gasteiger partial charge in [0.2, 0.25) is 5.91 Å². The van der Waals surface area contributed by atoms with Crippen molar-refractivity contribution in [2.75, 3.05) is 11.9 Å². The number of nitrogens with one attached hydrogen (secondary N) is 1. The number of rotatable bonds is 6. The van der Waals surface area contributed by atoms with E-state index in [1.807, 2.05) is 19.1 Å². The van der Waals surface area contributed by atoms with E-state index >= 15 is 0 Å². The fraction of sp³-hybridized carbons (Fsp3) is 0.111. The Labute approximate surface area is 138 Å². The molecule has 0 aliphatic heterocycles. The van der Waals surface area contributed by atoms with E-state index in [2.05, 4.69) is 5.32 Å². The van der Waals surface area contributed by atoms with Crippen LogP contribution < -0.4 is 15.8 Å². The summed E-state index contributed by atoms with van der Waals surface area (Å²) >= 11 is 0. The van der Waals surface area contributed by atoms with Crippen LogP contribution in [0.1, 0.15) is 22.8 Å². The lowest BCUT2D eigenvalue weighted by molar-refractivity contribution is -0.111. The Hall–Kier alpha value is -3.15. The van der Waals surface area contributed by atoms with Crippen molar-refractivity contribution in [3.05, 3.63) is 65.5 Å². The zero-order chi connectivity index (χ0) is 17.5. The van der Waals surface area contributed by atoms with E-state index in [0.717, 1.165) is 17.4 Å². The van der Waals surface area contributed by atoms with Crippen LogP contribution in [-0.2, 0) is 4.79 Å². The topological polar surface area (TPSA) is 81.4 Å². The van der Waals surface area contributed by atoms with Gasteiger partial charge >= 0.3 is 0 Å². The van der Waals surface area contributed by atoms with Gasteiger partial charge in [0.25, 0.3) is 5.91 Å². The zero-order valence-corrected chi connectivity index (χ0v) is 13.1. The van der Waals surface area contributed by atoms with Crippen LogP contribution in [0.5, 0.6) is 5.75 Å². The van der Waals surface area contributed by atoms with Gasteiger partial charge in [-0.15, -0.1) is 0 Å². The molecular formula is C18H17FN2O3. The maximum Gasteiger partial charge on any atom is 0.251 e.